The standard InChI is InChI=1S/C22H23N5O3S/c1-13(19-24-16-9-5-6-10-17(16)25-19)23-20(28)18(11-12-31-2)27-21(29)14-7-3-4-8-15(14)26-22(27)30/h3-10,13,18H,11-12H2,1-2H3,(H,23,28)(H,24,25)(H,26,30). The van der Waals surface area contributed by atoms with Gasteiger partial charge in [-0.2, -0.15) is 11.8 Å². The summed E-state index contributed by atoms with van der Waals surface area (Å²) in [5, 5.41) is 3.28. The van der Waals surface area contributed by atoms with Crippen molar-refractivity contribution in [2.45, 2.75) is 25.4 Å². The summed E-state index contributed by atoms with van der Waals surface area (Å²) in [6.07, 6.45) is 2.26. The van der Waals surface area contributed by atoms with Gasteiger partial charge in [0.2, 0.25) is 5.91 Å². The molecule has 4 aromatic rings. The summed E-state index contributed by atoms with van der Waals surface area (Å²) in [5.74, 6) is 0.832. The van der Waals surface area contributed by atoms with Gasteiger partial charge < -0.3 is 15.3 Å². The number of hydrogen-bond acceptors (Lipinski definition) is 5. The molecule has 0 aliphatic rings. The van der Waals surface area contributed by atoms with Crippen LogP contribution in [0.1, 0.15) is 31.3 Å². The van der Waals surface area contributed by atoms with Gasteiger partial charge in [0, 0.05) is 0 Å². The first-order valence-electron chi connectivity index (χ1n) is 9.97. The minimum absolute atomic E-state index is 0.348. The van der Waals surface area contributed by atoms with E-state index in [1.54, 1.807) is 36.0 Å². The van der Waals surface area contributed by atoms with E-state index in [2.05, 4.69) is 20.3 Å². The van der Waals surface area contributed by atoms with Crippen molar-refractivity contribution in [3.63, 3.8) is 0 Å². The molecule has 1 amide bonds. The molecular formula is C22H23N5O3S. The number of imidazole rings is 1. The van der Waals surface area contributed by atoms with E-state index in [0.29, 0.717) is 28.9 Å². The minimum Gasteiger partial charge on any atom is -0.345 e. The molecule has 31 heavy (non-hydrogen) atoms. The molecule has 2 atom stereocenters. The predicted octanol–water partition coefficient (Wildman–Crippen LogP) is 2.74. The lowest BCUT2D eigenvalue weighted by Gasteiger charge is -2.21. The van der Waals surface area contributed by atoms with E-state index in [1.807, 2.05) is 37.4 Å². The highest BCUT2D eigenvalue weighted by Gasteiger charge is 2.26. The monoisotopic (exact) mass is 437 g/mol. The number of H-pyrrole nitrogens is 2. The van der Waals surface area contributed by atoms with Crippen LogP contribution in [0.4, 0.5) is 0 Å². The summed E-state index contributed by atoms with van der Waals surface area (Å²) in [5.41, 5.74) is 1.06. The number of para-hydroxylation sites is 3. The Labute approximate surface area is 182 Å². The Morgan fingerprint density at radius 3 is 2.55 bits per heavy atom. The largest absolute Gasteiger partial charge is 0.345 e. The Hall–Kier alpha value is -3.33. The summed E-state index contributed by atoms with van der Waals surface area (Å²) in [7, 11) is 0. The molecule has 0 saturated heterocycles. The molecule has 0 radical (unpaired) electrons. The van der Waals surface area contributed by atoms with Crippen molar-refractivity contribution in [2.24, 2.45) is 0 Å². The number of aromatic nitrogens is 4. The van der Waals surface area contributed by atoms with Gasteiger partial charge in [0.05, 0.1) is 28.0 Å². The van der Waals surface area contributed by atoms with E-state index in [4.69, 9.17) is 0 Å². The molecule has 9 heteroatoms. The number of amides is 1. The maximum absolute atomic E-state index is 13.2. The van der Waals surface area contributed by atoms with E-state index in [1.165, 1.54) is 0 Å². The second-order valence-electron chi connectivity index (χ2n) is 7.32. The number of carbonyl (C=O) groups excluding carboxylic acids is 1. The Morgan fingerprint density at radius 2 is 1.81 bits per heavy atom. The van der Waals surface area contributed by atoms with Gasteiger partial charge in [0.15, 0.2) is 0 Å². The van der Waals surface area contributed by atoms with Crippen LogP contribution in [0.5, 0.6) is 0 Å². The van der Waals surface area contributed by atoms with Crippen LogP contribution < -0.4 is 16.6 Å². The second kappa shape index (κ2) is 8.81. The molecule has 0 fully saturated rings. The summed E-state index contributed by atoms with van der Waals surface area (Å²) in [4.78, 5) is 49.5. The van der Waals surface area contributed by atoms with Crippen molar-refractivity contribution < 1.29 is 4.79 Å². The minimum atomic E-state index is -0.930. The highest BCUT2D eigenvalue weighted by atomic mass is 32.2. The fraction of sp³-hybridized carbons (Fsp3) is 0.273. The first-order valence-corrected chi connectivity index (χ1v) is 11.4. The first-order chi connectivity index (χ1) is 15.0. The third-order valence-corrected chi connectivity index (χ3v) is 5.87. The van der Waals surface area contributed by atoms with Gasteiger partial charge in [-0.25, -0.2) is 14.3 Å². The normalized spacial score (nSPS) is 13.4. The van der Waals surface area contributed by atoms with E-state index in [-0.39, 0.29) is 0 Å². The molecule has 2 unspecified atom stereocenters. The van der Waals surface area contributed by atoms with Crippen LogP contribution in [0.25, 0.3) is 21.9 Å². The Balaban J connectivity index is 1.68. The molecule has 0 saturated carbocycles. The van der Waals surface area contributed by atoms with Crippen molar-refractivity contribution in [1.82, 2.24) is 24.8 Å². The molecule has 2 aromatic carbocycles. The highest BCUT2D eigenvalue weighted by molar-refractivity contribution is 7.98. The van der Waals surface area contributed by atoms with Gasteiger partial charge in [-0.15, -0.1) is 0 Å². The number of nitrogens with zero attached hydrogens (tertiary/aromatic N) is 2. The zero-order valence-electron chi connectivity index (χ0n) is 17.2. The van der Waals surface area contributed by atoms with Crippen LogP contribution in [0.3, 0.4) is 0 Å². The smallest absolute Gasteiger partial charge is 0.329 e. The predicted molar refractivity (Wildman–Crippen MR) is 124 cm³/mol. The molecule has 0 bridgehead atoms. The Bertz CT molecular complexity index is 1320. The summed E-state index contributed by atoms with van der Waals surface area (Å²) >= 11 is 1.55. The number of carbonyl (C=O) groups is 1. The fourth-order valence-electron chi connectivity index (χ4n) is 3.62. The second-order valence-corrected chi connectivity index (χ2v) is 8.30. The summed E-state index contributed by atoms with van der Waals surface area (Å²) in [6, 6.07) is 13.0. The molecule has 2 aromatic heterocycles. The van der Waals surface area contributed by atoms with Crippen molar-refractivity contribution in [2.75, 3.05) is 12.0 Å². The first kappa shape index (κ1) is 20.9. The number of benzene rings is 2. The van der Waals surface area contributed by atoms with Gasteiger partial charge in [-0.3, -0.25) is 9.59 Å². The van der Waals surface area contributed by atoms with Crippen molar-refractivity contribution in [3.05, 3.63) is 75.2 Å². The Morgan fingerprint density at radius 1 is 1.10 bits per heavy atom. The third kappa shape index (κ3) is 4.13. The SMILES string of the molecule is CSCCC(C(=O)NC(C)c1nc2ccccc2[nH]1)n1c(=O)[nH]c2ccccc2c1=O. The van der Waals surface area contributed by atoms with Crippen LogP contribution >= 0.6 is 11.8 Å². The number of nitrogens with one attached hydrogen (secondary N) is 3. The fourth-order valence-corrected chi connectivity index (χ4v) is 4.08. The van der Waals surface area contributed by atoms with Gasteiger partial charge in [-0.1, -0.05) is 24.3 Å². The summed E-state index contributed by atoms with van der Waals surface area (Å²) < 4.78 is 1.03. The third-order valence-electron chi connectivity index (χ3n) is 5.22. The van der Waals surface area contributed by atoms with Gasteiger partial charge >= 0.3 is 5.69 Å². The highest BCUT2D eigenvalue weighted by Crippen LogP contribution is 2.18. The molecule has 0 spiro atoms. The molecule has 0 aliphatic heterocycles. The summed E-state index contributed by atoms with van der Waals surface area (Å²) in [6.45, 7) is 1.81. The zero-order chi connectivity index (χ0) is 22.0. The van der Waals surface area contributed by atoms with Crippen LogP contribution in [-0.2, 0) is 4.79 Å². The van der Waals surface area contributed by atoms with Crippen LogP contribution in [0, 0.1) is 0 Å². The van der Waals surface area contributed by atoms with E-state index in [9.17, 15) is 14.4 Å². The van der Waals surface area contributed by atoms with Crippen molar-refractivity contribution in [1.29, 1.82) is 0 Å². The van der Waals surface area contributed by atoms with Crippen LogP contribution in [0.2, 0.25) is 0 Å². The van der Waals surface area contributed by atoms with Crippen LogP contribution in [-0.4, -0.2) is 37.4 Å². The molecule has 0 aliphatic carbocycles. The maximum atomic E-state index is 13.2. The average molecular weight is 438 g/mol. The topological polar surface area (TPSA) is 113 Å². The lowest BCUT2D eigenvalue weighted by molar-refractivity contribution is -0.125. The number of aromatic amines is 2. The number of thioether (sulfide) groups is 1. The van der Waals surface area contributed by atoms with E-state index < -0.39 is 29.2 Å². The average Bonchev–Trinajstić information content (AvgIpc) is 3.20. The molecule has 160 valence electrons. The van der Waals surface area contributed by atoms with E-state index in [0.717, 1.165) is 15.6 Å². The maximum Gasteiger partial charge on any atom is 0.329 e. The zero-order valence-corrected chi connectivity index (χ0v) is 18.0. The lowest BCUT2D eigenvalue weighted by Crippen LogP contribution is -2.45. The quantitative estimate of drug-likeness (QED) is 0.412. The van der Waals surface area contributed by atoms with Gasteiger partial charge in [-0.05, 0) is 49.6 Å². The molecular weight excluding hydrogens is 414 g/mol. The molecule has 4 rings (SSSR count). The van der Waals surface area contributed by atoms with Crippen LogP contribution in [0.15, 0.2) is 58.1 Å². The number of hydrogen-bond donors (Lipinski definition) is 3. The van der Waals surface area contributed by atoms with Crippen molar-refractivity contribution in [3.8, 4) is 0 Å². The van der Waals surface area contributed by atoms with E-state index >= 15 is 0 Å². The number of rotatable bonds is 7. The molecule has 3 N–H and O–H groups in total. The van der Waals surface area contributed by atoms with Crippen molar-refractivity contribution >= 4 is 39.6 Å². The lowest BCUT2D eigenvalue weighted by atomic mass is 10.1. The Kier molecular flexibility index (Phi) is 5.94. The van der Waals surface area contributed by atoms with Gasteiger partial charge in [0.25, 0.3) is 5.56 Å². The molecule has 2 heterocycles. The number of fused-ring (bicyclic) bond motifs is 2. The van der Waals surface area contributed by atoms with Gasteiger partial charge in [0.1, 0.15) is 11.9 Å². The molecule has 8 nitrogen and oxygen atoms in total.